The third-order valence-corrected chi connectivity index (χ3v) is 1.88. The van der Waals surface area contributed by atoms with Crippen molar-refractivity contribution in [1.82, 2.24) is 10.2 Å². The van der Waals surface area contributed by atoms with Crippen LogP contribution in [0.15, 0.2) is 12.2 Å². The number of aliphatic hydroxyl groups excluding tert-OH is 2. The molecule has 0 aromatic rings. The molecule has 0 radical (unpaired) electrons. The minimum absolute atomic E-state index is 0.147. The zero-order valence-corrected chi connectivity index (χ0v) is 10.7. The Morgan fingerprint density at radius 3 is 2.39 bits per heavy atom. The summed E-state index contributed by atoms with van der Waals surface area (Å²) in [6.07, 6.45) is 0. The van der Waals surface area contributed by atoms with E-state index in [4.69, 9.17) is 20.0 Å². The highest BCUT2D eigenvalue weighted by atomic mass is 17.2. The third kappa shape index (κ3) is 8.94. The van der Waals surface area contributed by atoms with Gasteiger partial charge in [0.25, 0.3) is 0 Å². The minimum Gasteiger partial charge on any atom is -0.395 e. The molecule has 0 saturated heterocycles. The number of nitrogens with one attached hydrogen (secondary N) is 1. The Morgan fingerprint density at radius 2 is 1.89 bits per heavy atom. The predicted octanol–water partition coefficient (Wildman–Crippen LogP) is -0.493. The second-order valence-electron chi connectivity index (χ2n) is 3.71. The molecule has 2 amide bonds. The number of carbonyl (C=O) groups is 1. The van der Waals surface area contributed by atoms with Crippen molar-refractivity contribution >= 4 is 6.03 Å². The van der Waals surface area contributed by atoms with Crippen molar-refractivity contribution in [2.75, 3.05) is 46.1 Å². The molecule has 18 heavy (non-hydrogen) atoms. The maximum atomic E-state index is 11.5. The first-order chi connectivity index (χ1) is 8.61. The molecule has 0 saturated carbocycles. The van der Waals surface area contributed by atoms with Crippen LogP contribution in [0.3, 0.4) is 0 Å². The van der Waals surface area contributed by atoms with Crippen molar-refractivity contribution < 1.29 is 24.8 Å². The Hall–Kier alpha value is -1.15. The van der Waals surface area contributed by atoms with Crippen molar-refractivity contribution in [3.63, 3.8) is 0 Å². The van der Waals surface area contributed by atoms with Crippen molar-refractivity contribution in [1.29, 1.82) is 0 Å². The molecule has 0 atom stereocenters. The van der Waals surface area contributed by atoms with Gasteiger partial charge in [0.1, 0.15) is 6.61 Å². The fourth-order valence-electron chi connectivity index (χ4n) is 1.07. The summed E-state index contributed by atoms with van der Waals surface area (Å²) in [4.78, 5) is 22.4. The van der Waals surface area contributed by atoms with Crippen LogP contribution in [0.4, 0.5) is 4.79 Å². The number of urea groups is 1. The molecule has 0 unspecified atom stereocenters. The summed E-state index contributed by atoms with van der Waals surface area (Å²) in [6, 6.07) is -0.360. The highest BCUT2D eigenvalue weighted by Gasteiger charge is 2.10. The second kappa shape index (κ2) is 11.0. The lowest BCUT2D eigenvalue weighted by Crippen LogP contribution is -2.43. The number of carbonyl (C=O) groups excluding carboxylic acids is 1. The molecule has 0 spiro atoms. The molecule has 0 aliphatic rings. The Balaban J connectivity index is 3.63. The summed E-state index contributed by atoms with van der Waals surface area (Å²) in [5.74, 6) is 0. The first-order valence-corrected chi connectivity index (χ1v) is 5.75. The molecular formula is C11H22N2O5. The van der Waals surface area contributed by atoms with Gasteiger partial charge in [-0.25, -0.2) is 14.6 Å². The Bertz CT molecular complexity index is 242. The number of hydrogen-bond donors (Lipinski definition) is 3. The van der Waals surface area contributed by atoms with Crippen molar-refractivity contribution in [2.24, 2.45) is 0 Å². The lowest BCUT2D eigenvalue weighted by atomic mass is 10.4. The van der Waals surface area contributed by atoms with Crippen molar-refractivity contribution in [2.45, 2.75) is 6.92 Å². The van der Waals surface area contributed by atoms with Gasteiger partial charge in [-0.3, -0.25) is 0 Å². The van der Waals surface area contributed by atoms with E-state index in [0.29, 0.717) is 6.61 Å². The summed E-state index contributed by atoms with van der Waals surface area (Å²) >= 11 is 0. The van der Waals surface area contributed by atoms with Crippen LogP contribution < -0.4 is 5.32 Å². The maximum Gasteiger partial charge on any atom is 0.317 e. The van der Waals surface area contributed by atoms with E-state index in [-0.39, 0.29) is 45.5 Å². The zero-order valence-electron chi connectivity index (χ0n) is 10.7. The van der Waals surface area contributed by atoms with Gasteiger partial charge in [0.05, 0.1) is 19.8 Å². The molecule has 0 rings (SSSR count). The average molecular weight is 262 g/mol. The van der Waals surface area contributed by atoms with E-state index in [1.54, 1.807) is 0 Å². The van der Waals surface area contributed by atoms with Crippen LogP contribution >= 0.6 is 0 Å². The maximum absolute atomic E-state index is 11.5. The highest BCUT2D eigenvalue weighted by molar-refractivity contribution is 5.74. The minimum atomic E-state index is -0.360. The summed E-state index contributed by atoms with van der Waals surface area (Å²) in [5.41, 5.74) is 0.844. The number of aliphatic hydroxyl groups is 2. The van der Waals surface area contributed by atoms with Crippen LogP contribution in [-0.2, 0) is 9.78 Å². The SMILES string of the molecule is C=C(C)COOCCNC(=O)N(CCO)CCO. The third-order valence-electron chi connectivity index (χ3n) is 1.88. The smallest absolute Gasteiger partial charge is 0.317 e. The van der Waals surface area contributed by atoms with Crippen LogP contribution in [0.2, 0.25) is 0 Å². The summed E-state index contributed by atoms with van der Waals surface area (Å²) < 4.78 is 0. The first-order valence-electron chi connectivity index (χ1n) is 5.75. The lowest BCUT2D eigenvalue weighted by molar-refractivity contribution is -0.286. The molecule has 0 fully saturated rings. The van der Waals surface area contributed by atoms with E-state index in [2.05, 4.69) is 11.9 Å². The fraction of sp³-hybridized carbons (Fsp3) is 0.727. The Morgan fingerprint density at radius 1 is 1.28 bits per heavy atom. The molecule has 0 heterocycles. The van der Waals surface area contributed by atoms with Crippen LogP contribution in [0, 0.1) is 0 Å². The fourth-order valence-corrected chi connectivity index (χ4v) is 1.07. The standard InChI is InChI=1S/C11H22N2O5/c1-10(2)9-18-17-8-3-12-11(16)13(4-6-14)5-7-15/h14-15H,1,3-9H2,2H3,(H,12,16). The van der Waals surface area contributed by atoms with Crippen LogP contribution in [0.25, 0.3) is 0 Å². The molecule has 3 N–H and O–H groups in total. The summed E-state index contributed by atoms with van der Waals surface area (Å²) in [7, 11) is 0. The Labute approximate surface area is 107 Å². The highest BCUT2D eigenvalue weighted by Crippen LogP contribution is 1.90. The van der Waals surface area contributed by atoms with Gasteiger partial charge in [0.2, 0.25) is 0 Å². The number of amides is 2. The molecule has 0 aromatic carbocycles. The summed E-state index contributed by atoms with van der Waals surface area (Å²) in [6.45, 7) is 6.32. The first kappa shape index (κ1) is 16.9. The van der Waals surface area contributed by atoms with E-state index < -0.39 is 0 Å². The predicted molar refractivity (Wildman–Crippen MR) is 65.9 cm³/mol. The number of nitrogens with zero attached hydrogens (tertiary/aromatic N) is 1. The van der Waals surface area contributed by atoms with E-state index in [0.717, 1.165) is 5.57 Å². The number of hydrogen-bond acceptors (Lipinski definition) is 5. The van der Waals surface area contributed by atoms with Crippen LogP contribution in [0.5, 0.6) is 0 Å². The quantitative estimate of drug-likeness (QED) is 0.214. The molecule has 106 valence electrons. The normalized spacial score (nSPS) is 10.2. The van der Waals surface area contributed by atoms with Crippen LogP contribution in [0.1, 0.15) is 6.92 Å². The van der Waals surface area contributed by atoms with E-state index in [1.807, 2.05) is 6.92 Å². The summed E-state index contributed by atoms with van der Waals surface area (Å²) in [5, 5.41) is 20.1. The number of rotatable bonds is 10. The molecular weight excluding hydrogens is 240 g/mol. The topological polar surface area (TPSA) is 91.3 Å². The van der Waals surface area contributed by atoms with Gasteiger partial charge in [0.15, 0.2) is 0 Å². The molecule has 0 aliphatic carbocycles. The molecule has 7 heteroatoms. The molecule has 0 aliphatic heterocycles. The Kier molecular flexibility index (Phi) is 10.3. The zero-order chi connectivity index (χ0) is 13.8. The monoisotopic (exact) mass is 262 g/mol. The van der Waals surface area contributed by atoms with Crippen molar-refractivity contribution in [3.8, 4) is 0 Å². The molecule has 0 aromatic heterocycles. The largest absolute Gasteiger partial charge is 0.395 e. The van der Waals surface area contributed by atoms with E-state index in [9.17, 15) is 4.79 Å². The van der Waals surface area contributed by atoms with Crippen molar-refractivity contribution in [3.05, 3.63) is 12.2 Å². The van der Waals surface area contributed by atoms with Gasteiger partial charge in [-0.15, -0.1) is 0 Å². The molecule has 0 bridgehead atoms. The van der Waals surface area contributed by atoms with Gasteiger partial charge >= 0.3 is 6.03 Å². The second-order valence-corrected chi connectivity index (χ2v) is 3.71. The average Bonchev–Trinajstić information content (AvgIpc) is 2.32. The van der Waals surface area contributed by atoms with Gasteiger partial charge in [-0.1, -0.05) is 12.2 Å². The van der Waals surface area contributed by atoms with Crippen LogP contribution in [-0.4, -0.2) is 67.2 Å². The van der Waals surface area contributed by atoms with Gasteiger partial charge in [-0.05, 0) is 6.92 Å². The van der Waals surface area contributed by atoms with Gasteiger partial charge < -0.3 is 20.4 Å². The lowest BCUT2D eigenvalue weighted by Gasteiger charge is -2.20. The van der Waals surface area contributed by atoms with E-state index in [1.165, 1.54) is 4.90 Å². The van der Waals surface area contributed by atoms with E-state index >= 15 is 0 Å². The van der Waals surface area contributed by atoms with Gasteiger partial charge in [0, 0.05) is 19.6 Å². The molecule has 7 nitrogen and oxygen atoms in total. The van der Waals surface area contributed by atoms with Gasteiger partial charge in [-0.2, -0.15) is 0 Å².